The Morgan fingerprint density at radius 3 is 2.47 bits per heavy atom. The van der Waals surface area contributed by atoms with E-state index < -0.39 is 0 Å². The summed E-state index contributed by atoms with van der Waals surface area (Å²) in [6, 6.07) is 13.8. The second-order valence-electron chi connectivity index (χ2n) is 3.58. The first-order valence-corrected chi connectivity index (χ1v) is 6.10. The van der Waals surface area contributed by atoms with E-state index in [4.69, 9.17) is 0 Å². The topological polar surface area (TPSA) is 24.1 Å². The van der Waals surface area contributed by atoms with Gasteiger partial charge in [0.25, 0.3) is 5.03 Å². The molecule has 2 rings (SSSR count). The van der Waals surface area contributed by atoms with Gasteiger partial charge >= 0.3 is 0 Å². The van der Waals surface area contributed by atoms with Crippen molar-refractivity contribution in [1.29, 1.82) is 0 Å². The number of aromatic hydroxyl groups is 1. The molecule has 0 aliphatic rings. The molecule has 0 aliphatic heterocycles. The smallest absolute Gasteiger partial charge is 0.282 e. The lowest BCUT2D eigenvalue weighted by Crippen LogP contribution is -3.00. The van der Waals surface area contributed by atoms with E-state index in [-0.39, 0.29) is 17.0 Å². The van der Waals surface area contributed by atoms with Gasteiger partial charge in [0.15, 0.2) is 11.9 Å². The molecule has 0 saturated heterocycles. The fraction of sp³-hybridized carbons (Fsp3) is 0.154. The predicted molar refractivity (Wildman–Crippen MR) is 65.3 cm³/mol. The van der Waals surface area contributed by atoms with Crippen molar-refractivity contribution in [3.63, 3.8) is 0 Å². The second kappa shape index (κ2) is 6.67. The van der Waals surface area contributed by atoms with E-state index in [0.29, 0.717) is 5.75 Å². The minimum absolute atomic E-state index is 0. The molecule has 1 aromatic heterocycles. The standard InChI is InChI=1S/C13H13NOS.BrH/c1-14-9-5-8-12(15)13(14)16-10-11-6-3-2-4-7-11;/h2-9H,10H2,1H3;1H. The van der Waals surface area contributed by atoms with Crippen LogP contribution in [0.4, 0.5) is 0 Å². The highest BCUT2D eigenvalue weighted by atomic mass is 79.9. The van der Waals surface area contributed by atoms with E-state index in [1.165, 1.54) is 5.56 Å². The largest absolute Gasteiger partial charge is 1.00 e. The lowest BCUT2D eigenvalue weighted by atomic mass is 10.2. The zero-order chi connectivity index (χ0) is 11.4. The average molecular weight is 312 g/mol. The summed E-state index contributed by atoms with van der Waals surface area (Å²) in [6.07, 6.45) is 1.94. The molecular formula is C13H14BrNOS. The Labute approximate surface area is 116 Å². The summed E-state index contributed by atoms with van der Waals surface area (Å²) in [6.45, 7) is 0. The number of hydrogen-bond donors (Lipinski definition) is 1. The molecule has 0 radical (unpaired) electrons. The number of thioether (sulfide) groups is 1. The van der Waals surface area contributed by atoms with Crippen LogP contribution in [0.25, 0.3) is 0 Å². The number of aromatic nitrogens is 1. The average Bonchev–Trinajstić information content (AvgIpc) is 2.30. The summed E-state index contributed by atoms with van der Waals surface area (Å²) in [7, 11) is 1.94. The minimum atomic E-state index is 0. The molecule has 2 nitrogen and oxygen atoms in total. The van der Waals surface area contributed by atoms with Gasteiger partial charge in [-0.05, 0) is 23.4 Å². The van der Waals surface area contributed by atoms with Crippen LogP contribution in [0, 0.1) is 0 Å². The van der Waals surface area contributed by atoms with Crippen LogP contribution in [0.5, 0.6) is 5.75 Å². The van der Waals surface area contributed by atoms with Gasteiger partial charge in [-0.1, -0.05) is 30.3 Å². The van der Waals surface area contributed by atoms with Crippen molar-refractivity contribution in [2.75, 3.05) is 0 Å². The zero-order valence-corrected chi connectivity index (χ0v) is 11.9. The summed E-state index contributed by atoms with van der Waals surface area (Å²) >= 11 is 1.64. The Morgan fingerprint density at radius 2 is 1.82 bits per heavy atom. The van der Waals surface area contributed by atoms with Gasteiger partial charge in [0.05, 0.1) is 0 Å². The molecule has 1 aromatic carbocycles. The number of halogens is 1. The van der Waals surface area contributed by atoms with Gasteiger partial charge in [0.2, 0.25) is 0 Å². The third-order valence-corrected chi connectivity index (χ3v) is 3.57. The van der Waals surface area contributed by atoms with E-state index in [9.17, 15) is 5.11 Å². The van der Waals surface area contributed by atoms with Crippen LogP contribution in [0.1, 0.15) is 5.56 Å². The second-order valence-corrected chi connectivity index (χ2v) is 4.55. The van der Waals surface area contributed by atoms with Crippen LogP contribution in [-0.2, 0) is 12.8 Å². The maximum atomic E-state index is 9.73. The molecule has 0 atom stereocenters. The predicted octanol–water partition coefficient (Wildman–Crippen LogP) is -0.487. The molecule has 0 bridgehead atoms. The van der Waals surface area contributed by atoms with Crippen LogP contribution in [0.3, 0.4) is 0 Å². The normalized spacial score (nSPS) is 9.71. The Bertz CT molecular complexity index is 456. The van der Waals surface area contributed by atoms with E-state index in [1.807, 2.05) is 42.1 Å². The molecule has 1 N–H and O–H groups in total. The lowest BCUT2D eigenvalue weighted by Gasteiger charge is -2.02. The number of nitrogens with zero attached hydrogens (tertiary/aromatic N) is 1. The van der Waals surface area contributed by atoms with Gasteiger partial charge < -0.3 is 22.1 Å². The van der Waals surface area contributed by atoms with Crippen LogP contribution in [-0.4, -0.2) is 5.11 Å². The molecule has 90 valence electrons. The Morgan fingerprint density at radius 1 is 1.12 bits per heavy atom. The summed E-state index contributed by atoms with van der Waals surface area (Å²) in [5.41, 5.74) is 1.26. The molecule has 4 heteroatoms. The van der Waals surface area contributed by atoms with Gasteiger partial charge in [-0.3, -0.25) is 0 Å². The molecular weight excluding hydrogens is 298 g/mol. The lowest BCUT2D eigenvalue weighted by molar-refractivity contribution is -0.709. The van der Waals surface area contributed by atoms with Crippen LogP contribution in [0.15, 0.2) is 53.7 Å². The molecule has 0 fully saturated rings. The molecule has 0 spiro atoms. The van der Waals surface area contributed by atoms with Crippen molar-refractivity contribution < 1.29 is 26.7 Å². The Balaban J connectivity index is 0.00000144. The van der Waals surface area contributed by atoms with Crippen molar-refractivity contribution in [3.8, 4) is 5.75 Å². The fourth-order valence-corrected chi connectivity index (χ4v) is 2.46. The van der Waals surface area contributed by atoms with Crippen LogP contribution in [0.2, 0.25) is 0 Å². The van der Waals surface area contributed by atoms with Gasteiger partial charge in [-0.2, -0.15) is 4.57 Å². The van der Waals surface area contributed by atoms with Crippen molar-refractivity contribution in [3.05, 3.63) is 54.2 Å². The summed E-state index contributed by atoms with van der Waals surface area (Å²) < 4.78 is 1.93. The third kappa shape index (κ3) is 3.75. The highest BCUT2D eigenvalue weighted by Crippen LogP contribution is 2.26. The molecule has 2 aromatic rings. The molecule has 0 aliphatic carbocycles. The Kier molecular flexibility index (Phi) is 5.51. The van der Waals surface area contributed by atoms with E-state index in [2.05, 4.69) is 12.1 Å². The number of rotatable bonds is 3. The Hall–Kier alpha value is -1.00. The van der Waals surface area contributed by atoms with Crippen molar-refractivity contribution in [1.82, 2.24) is 0 Å². The number of benzene rings is 1. The van der Waals surface area contributed by atoms with Crippen molar-refractivity contribution >= 4 is 11.8 Å². The maximum absolute atomic E-state index is 9.73. The molecule has 0 amide bonds. The zero-order valence-electron chi connectivity index (χ0n) is 9.51. The minimum Gasteiger partial charge on any atom is -1.00 e. The monoisotopic (exact) mass is 311 g/mol. The molecule has 0 unspecified atom stereocenters. The van der Waals surface area contributed by atoms with Gasteiger partial charge in [0.1, 0.15) is 7.05 Å². The highest BCUT2D eigenvalue weighted by molar-refractivity contribution is 7.98. The fourth-order valence-electron chi connectivity index (χ4n) is 1.48. The summed E-state index contributed by atoms with van der Waals surface area (Å²) in [5.74, 6) is 1.21. The van der Waals surface area contributed by atoms with E-state index in [1.54, 1.807) is 17.8 Å². The number of aryl methyl sites for hydroxylation is 1. The molecule has 17 heavy (non-hydrogen) atoms. The third-order valence-electron chi connectivity index (χ3n) is 2.32. The van der Waals surface area contributed by atoms with Crippen LogP contribution < -0.4 is 21.5 Å². The van der Waals surface area contributed by atoms with Gasteiger partial charge in [-0.25, -0.2) is 0 Å². The SMILES string of the molecule is C[n+]1cccc(O)c1SCc1ccccc1.[Br-]. The van der Waals surface area contributed by atoms with Crippen molar-refractivity contribution in [2.24, 2.45) is 7.05 Å². The van der Waals surface area contributed by atoms with Gasteiger partial charge in [-0.15, -0.1) is 0 Å². The van der Waals surface area contributed by atoms with Crippen LogP contribution >= 0.6 is 11.8 Å². The maximum Gasteiger partial charge on any atom is 0.282 e. The van der Waals surface area contributed by atoms with Gasteiger partial charge in [0, 0.05) is 11.8 Å². The first-order chi connectivity index (χ1) is 7.77. The summed E-state index contributed by atoms with van der Waals surface area (Å²) in [4.78, 5) is 0. The first-order valence-electron chi connectivity index (χ1n) is 5.12. The van der Waals surface area contributed by atoms with E-state index in [0.717, 1.165) is 10.8 Å². The number of hydrogen-bond acceptors (Lipinski definition) is 2. The molecule has 0 saturated carbocycles. The number of pyridine rings is 1. The van der Waals surface area contributed by atoms with Crippen molar-refractivity contribution in [2.45, 2.75) is 10.8 Å². The molecule has 1 heterocycles. The summed E-state index contributed by atoms with van der Waals surface area (Å²) in [5, 5.41) is 10.6. The quantitative estimate of drug-likeness (QED) is 0.611. The van der Waals surface area contributed by atoms with E-state index >= 15 is 0 Å². The first kappa shape index (κ1) is 14.1. The highest BCUT2D eigenvalue weighted by Gasteiger charge is 2.12.